The lowest BCUT2D eigenvalue weighted by atomic mass is 10.2. The molecular weight excluding hydrogens is 195 g/mol. The molecular formula is C10H9FN4. The second-order valence-electron chi connectivity index (χ2n) is 3.06. The molecule has 4 nitrogen and oxygen atoms in total. The van der Waals surface area contributed by atoms with Gasteiger partial charge in [0.05, 0.1) is 17.4 Å². The van der Waals surface area contributed by atoms with Gasteiger partial charge in [0.2, 0.25) is 5.95 Å². The van der Waals surface area contributed by atoms with Crippen molar-refractivity contribution in [2.45, 2.75) is 6.92 Å². The second kappa shape index (κ2) is 3.61. The number of nitrogens with two attached hydrogens (primary N) is 1. The lowest BCUT2D eigenvalue weighted by molar-refractivity contribution is 0.587. The van der Waals surface area contributed by atoms with Crippen LogP contribution in [0.1, 0.15) is 5.82 Å². The van der Waals surface area contributed by atoms with E-state index in [1.807, 2.05) is 0 Å². The summed E-state index contributed by atoms with van der Waals surface area (Å²) in [5, 5.41) is 0. The summed E-state index contributed by atoms with van der Waals surface area (Å²) in [4.78, 5) is 11.5. The molecule has 2 aromatic rings. The van der Waals surface area contributed by atoms with E-state index in [2.05, 4.69) is 15.0 Å². The van der Waals surface area contributed by atoms with E-state index in [1.165, 1.54) is 12.4 Å². The molecule has 0 saturated carbocycles. The Hall–Kier alpha value is -2.04. The molecule has 0 aliphatic carbocycles. The van der Waals surface area contributed by atoms with Gasteiger partial charge >= 0.3 is 0 Å². The smallest absolute Gasteiger partial charge is 0.222 e. The zero-order chi connectivity index (χ0) is 10.8. The Morgan fingerprint density at radius 3 is 2.87 bits per heavy atom. The van der Waals surface area contributed by atoms with Crippen LogP contribution in [0.3, 0.4) is 0 Å². The Labute approximate surface area is 86.0 Å². The molecule has 0 aliphatic heterocycles. The number of anilines is 1. The van der Waals surface area contributed by atoms with Crippen molar-refractivity contribution in [3.8, 4) is 11.3 Å². The number of aryl methyl sites for hydroxylation is 1. The van der Waals surface area contributed by atoms with E-state index in [0.717, 1.165) is 0 Å². The van der Waals surface area contributed by atoms with Crippen LogP contribution in [0.5, 0.6) is 0 Å². The molecule has 15 heavy (non-hydrogen) atoms. The molecule has 2 rings (SSSR count). The largest absolute Gasteiger partial charge is 0.396 e. The first-order valence-electron chi connectivity index (χ1n) is 4.38. The van der Waals surface area contributed by atoms with Crippen molar-refractivity contribution in [2.75, 3.05) is 5.73 Å². The highest BCUT2D eigenvalue weighted by molar-refractivity contribution is 5.71. The highest BCUT2D eigenvalue weighted by atomic mass is 19.1. The maximum Gasteiger partial charge on any atom is 0.222 e. The number of pyridine rings is 1. The summed E-state index contributed by atoms with van der Waals surface area (Å²) >= 11 is 0. The Balaban J connectivity index is 2.64. The van der Waals surface area contributed by atoms with Crippen LogP contribution in [0.2, 0.25) is 0 Å². The van der Waals surface area contributed by atoms with E-state index >= 15 is 0 Å². The lowest BCUT2D eigenvalue weighted by Gasteiger charge is -2.05. The standard InChI is InChI=1S/C10H9FN4/c1-6-14-5-8(12)9(15-6)7-3-2-4-13-10(7)11/h2-5H,12H2,1H3. The highest BCUT2D eigenvalue weighted by Gasteiger charge is 2.10. The quantitative estimate of drug-likeness (QED) is 0.716. The predicted molar refractivity (Wildman–Crippen MR) is 54.4 cm³/mol. The number of rotatable bonds is 1. The fraction of sp³-hybridized carbons (Fsp3) is 0.100. The SMILES string of the molecule is Cc1ncc(N)c(-c2cccnc2F)n1. The van der Waals surface area contributed by atoms with Gasteiger partial charge in [-0.15, -0.1) is 0 Å². The van der Waals surface area contributed by atoms with Crippen LogP contribution >= 0.6 is 0 Å². The Morgan fingerprint density at radius 2 is 2.13 bits per heavy atom. The summed E-state index contributed by atoms with van der Waals surface area (Å²) in [5.41, 5.74) is 6.69. The van der Waals surface area contributed by atoms with Gasteiger partial charge in [-0.1, -0.05) is 0 Å². The number of nitrogen functional groups attached to an aromatic ring is 1. The maximum absolute atomic E-state index is 13.4. The molecule has 0 unspecified atom stereocenters. The number of halogens is 1. The van der Waals surface area contributed by atoms with Crippen molar-refractivity contribution in [3.05, 3.63) is 36.3 Å². The first-order valence-corrected chi connectivity index (χ1v) is 4.38. The van der Waals surface area contributed by atoms with E-state index in [-0.39, 0.29) is 0 Å². The van der Waals surface area contributed by atoms with Crippen LogP contribution in [0.25, 0.3) is 11.3 Å². The van der Waals surface area contributed by atoms with Crippen LogP contribution in [0.4, 0.5) is 10.1 Å². The van der Waals surface area contributed by atoms with Gasteiger partial charge in [-0.25, -0.2) is 15.0 Å². The van der Waals surface area contributed by atoms with Crippen molar-refractivity contribution >= 4 is 5.69 Å². The summed E-state index contributed by atoms with van der Waals surface area (Å²) in [6, 6.07) is 3.22. The van der Waals surface area contributed by atoms with Crippen molar-refractivity contribution in [3.63, 3.8) is 0 Å². The molecule has 0 aliphatic rings. The summed E-state index contributed by atoms with van der Waals surface area (Å²) in [6.45, 7) is 1.72. The van der Waals surface area contributed by atoms with E-state index in [0.29, 0.717) is 22.8 Å². The highest BCUT2D eigenvalue weighted by Crippen LogP contribution is 2.23. The Bertz CT molecular complexity index is 499. The first kappa shape index (κ1) is 9.51. The molecule has 0 spiro atoms. The number of nitrogens with zero attached hydrogens (tertiary/aromatic N) is 3. The minimum Gasteiger partial charge on any atom is -0.396 e. The van der Waals surface area contributed by atoms with Crippen molar-refractivity contribution < 1.29 is 4.39 Å². The minimum absolute atomic E-state index is 0.292. The zero-order valence-corrected chi connectivity index (χ0v) is 8.11. The van der Waals surface area contributed by atoms with Gasteiger partial charge in [0, 0.05) is 6.20 Å². The predicted octanol–water partition coefficient (Wildman–Crippen LogP) is 1.57. The average molecular weight is 204 g/mol. The molecule has 2 heterocycles. The molecule has 2 aromatic heterocycles. The van der Waals surface area contributed by atoms with E-state index in [9.17, 15) is 4.39 Å². The summed E-state index contributed by atoms with van der Waals surface area (Å²) in [5.74, 6) is -0.0373. The number of hydrogen-bond acceptors (Lipinski definition) is 4. The second-order valence-corrected chi connectivity index (χ2v) is 3.06. The Morgan fingerprint density at radius 1 is 1.33 bits per heavy atom. The summed E-state index contributed by atoms with van der Waals surface area (Å²) in [7, 11) is 0. The third-order valence-electron chi connectivity index (χ3n) is 1.95. The average Bonchev–Trinajstić information content (AvgIpc) is 2.23. The molecule has 0 saturated heterocycles. The van der Waals surface area contributed by atoms with Crippen molar-refractivity contribution in [1.29, 1.82) is 0 Å². The van der Waals surface area contributed by atoms with Crippen molar-refractivity contribution in [2.24, 2.45) is 0 Å². The third kappa shape index (κ3) is 1.76. The molecule has 0 atom stereocenters. The fourth-order valence-electron chi connectivity index (χ4n) is 1.26. The number of aromatic nitrogens is 3. The molecule has 0 radical (unpaired) electrons. The van der Waals surface area contributed by atoms with E-state index in [1.54, 1.807) is 19.1 Å². The van der Waals surface area contributed by atoms with Gasteiger partial charge < -0.3 is 5.73 Å². The van der Waals surface area contributed by atoms with Crippen LogP contribution in [0, 0.1) is 12.9 Å². The molecule has 76 valence electrons. The molecule has 0 aromatic carbocycles. The van der Waals surface area contributed by atoms with Gasteiger partial charge in [0.1, 0.15) is 11.5 Å². The van der Waals surface area contributed by atoms with Crippen LogP contribution in [-0.2, 0) is 0 Å². The van der Waals surface area contributed by atoms with Gasteiger partial charge in [-0.3, -0.25) is 0 Å². The van der Waals surface area contributed by atoms with Crippen LogP contribution in [-0.4, -0.2) is 15.0 Å². The monoisotopic (exact) mass is 204 g/mol. The van der Waals surface area contributed by atoms with Crippen LogP contribution < -0.4 is 5.73 Å². The summed E-state index contributed by atoms with van der Waals surface area (Å²) < 4.78 is 13.4. The summed E-state index contributed by atoms with van der Waals surface area (Å²) in [6.07, 6.45) is 2.84. The molecule has 5 heteroatoms. The third-order valence-corrected chi connectivity index (χ3v) is 1.95. The topological polar surface area (TPSA) is 64.7 Å². The Kier molecular flexibility index (Phi) is 2.29. The molecule has 0 fully saturated rings. The fourth-order valence-corrected chi connectivity index (χ4v) is 1.26. The van der Waals surface area contributed by atoms with E-state index in [4.69, 9.17) is 5.73 Å². The normalized spacial score (nSPS) is 10.3. The number of hydrogen-bond donors (Lipinski definition) is 1. The minimum atomic E-state index is -0.581. The molecule has 0 amide bonds. The van der Waals surface area contributed by atoms with Crippen molar-refractivity contribution in [1.82, 2.24) is 15.0 Å². The lowest BCUT2D eigenvalue weighted by Crippen LogP contribution is -1.99. The van der Waals surface area contributed by atoms with Gasteiger partial charge in [0.25, 0.3) is 0 Å². The van der Waals surface area contributed by atoms with E-state index < -0.39 is 5.95 Å². The van der Waals surface area contributed by atoms with Crippen LogP contribution in [0.15, 0.2) is 24.5 Å². The van der Waals surface area contributed by atoms with Gasteiger partial charge in [0.15, 0.2) is 0 Å². The zero-order valence-electron chi connectivity index (χ0n) is 8.11. The first-order chi connectivity index (χ1) is 7.18. The molecule has 2 N–H and O–H groups in total. The van der Waals surface area contributed by atoms with Gasteiger partial charge in [-0.05, 0) is 19.1 Å². The maximum atomic E-state index is 13.4. The molecule has 0 bridgehead atoms. The van der Waals surface area contributed by atoms with Gasteiger partial charge in [-0.2, -0.15) is 4.39 Å².